The van der Waals surface area contributed by atoms with Gasteiger partial charge in [-0.1, -0.05) is 37.3 Å². The molecule has 2 aromatic heterocycles. The summed E-state index contributed by atoms with van der Waals surface area (Å²) in [5.41, 5.74) is 4.00. The molecule has 1 aromatic carbocycles. The molecule has 1 amide bonds. The van der Waals surface area contributed by atoms with Crippen molar-refractivity contribution in [2.45, 2.75) is 45.1 Å². The van der Waals surface area contributed by atoms with Crippen LogP contribution in [0.1, 0.15) is 48.8 Å². The molecule has 0 bridgehead atoms. The van der Waals surface area contributed by atoms with Crippen LogP contribution in [0.5, 0.6) is 0 Å². The number of aryl methyl sites for hydroxylation is 1. The second-order valence-electron chi connectivity index (χ2n) is 9.33. The summed E-state index contributed by atoms with van der Waals surface area (Å²) in [6.07, 6.45) is 3.10. The molecule has 0 radical (unpaired) electrons. The average molecular weight is 407 g/mol. The fraction of sp³-hybridized carbons (Fsp3) is 0.417. The lowest BCUT2D eigenvalue weighted by molar-refractivity contribution is 0.0692. The first-order valence-corrected chi connectivity index (χ1v) is 10.5. The molecule has 0 aliphatic carbocycles. The van der Waals surface area contributed by atoms with Gasteiger partial charge in [0, 0.05) is 25.0 Å². The highest BCUT2D eigenvalue weighted by atomic mass is 16.3. The zero-order valence-electron chi connectivity index (χ0n) is 18.1. The topological polar surface area (TPSA) is 69.9 Å². The summed E-state index contributed by atoms with van der Waals surface area (Å²) in [5, 5.41) is 17.1. The number of carbonyl (C=O) groups is 1. The normalized spacial score (nSPS) is 19.4. The third kappa shape index (κ3) is 4.05. The lowest BCUT2D eigenvalue weighted by Crippen LogP contribution is -2.38. The van der Waals surface area contributed by atoms with Crippen molar-refractivity contribution in [3.8, 4) is 0 Å². The maximum absolute atomic E-state index is 12.4. The third-order valence-electron chi connectivity index (χ3n) is 5.98. The Hall–Kier alpha value is -2.86. The number of rotatable bonds is 5. The first-order chi connectivity index (χ1) is 14.1. The molecule has 1 aliphatic heterocycles. The van der Waals surface area contributed by atoms with Crippen LogP contribution in [0, 0.1) is 6.92 Å². The minimum Gasteiger partial charge on any atom is -0.389 e. The number of pyridine rings is 1. The molecule has 3 heterocycles. The lowest BCUT2D eigenvalue weighted by Gasteiger charge is -2.26. The number of aliphatic hydroxyl groups is 1. The third-order valence-corrected chi connectivity index (χ3v) is 5.98. The van der Waals surface area contributed by atoms with Gasteiger partial charge >= 0.3 is 0 Å². The fourth-order valence-corrected chi connectivity index (χ4v) is 4.17. The zero-order valence-corrected chi connectivity index (χ0v) is 18.1. The van der Waals surface area contributed by atoms with E-state index >= 15 is 0 Å². The van der Waals surface area contributed by atoms with E-state index in [1.54, 1.807) is 24.4 Å². The Kier molecular flexibility index (Phi) is 5.06. The first kappa shape index (κ1) is 20.4. The van der Waals surface area contributed by atoms with Crippen LogP contribution in [0.3, 0.4) is 0 Å². The molecule has 1 atom stereocenters. The molecule has 6 nitrogen and oxygen atoms in total. The standard InChI is InChI=1S/C24H30N4O2/c1-17-12-19(27-11-10-24(4,16-27)18-8-6-5-7-9-18)14-28-21(17)13-20(26-28)22(29)25-15-23(2,3)30/h5-9,12-14,30H,10-11,15-16H2,1-4H3,(H,25,29)/t24-/m0/s1. The van der Waals surface area contributed by atoms with Crippen LogP contribution in [0.15, 0.2) is 48.7 Å². The first-order valence-electron chi connectivity index (χ1n) is 10.5. The highest BCUT2D eigenvalue weighted by Crippen LogP contribution is 2.36. The molecule has 1 fully saturated rings. The number of hydrogen-bond acceptors (Lipinski definition) is 4. The largest absolute Gasteiger partial charge is 0.389 e. The van der Waals surface area contributed by atoms with Crippen LogP contribution >= 0.6 is 0 Å². The average Bonchev–Trinajstić information content (AvgIpc) is 3.31. The summed E-state index contributed by atoms with van der Waals surface area (Å²) in [4.78, 5) is 14.8. The summed E-state index contributed by atoms with van der Waals surface area (Å²) in [6, 6.07) is 14.7. The van der Waals surface area contributed by atoms with Gasteiger partial charge < -0.3 is 15.3 Å². The molecule has 30 heavy (non-hydrogen) atoms. The Morgan fingerprint density at radius 2 is 2.00 bits per heavy atom. The Labute approximate surface area is 177 Å². The van der Waals surface area contributed by atoms with Crippen LogP contribution in [0.25, 0.3) is 5.52 Å². The number of nitrogens with one attached hydrogen (secondary N) is 1. The van der Waals surface area contributed by atoms with E-state index < -0.39 is 5.60 Å². The van der Waals surface area contributed by atoms with E-state index in [0.717, 1.165) is 36.3 Å². The molecule has 3 aromatic rings. The maximum Gasteiger partial charge on any atom is 0.271 e. The second kappa shape index (κ2) is 7.43. The van der Waals surface area contributed by atoms with Gasteiger partial charge in [0.2, 0.25) is 0 Å². The molecule has 0 unspecified atom stereocenters. The predicted molar refractivity (Wildman–Crippen MR) is 119 cm³/mol. The van der Waals surface area contributed by atoms with Crippen molar-refractivity contribution < 1.29 is 9.90 Å². The van der Waals surface area contributed by atoms with Gasteiger partial charge in [-0.2, -0.15) is 5.10 Å². The van der Waals surface area contributed by atoms with Crippen molar-refractivity contribution in [3.63, 3.8) is 0 Å². The molecule has 1 saturated heterocycles. The van der Waals surface area contributed by atoms with Crippen LogP contribution < -0.4 is 10.2 Å². The predicted octanol–water partition coefficient (Wildman–Crippen LogP) is 3.31. The molecular formula is C24H30N4O2. The van der Waals surface area contributed by atoms with Crippen molar-refractivity contribution >= 4 is 17.1 Å². The number of benzene rings is 1. The molecule has 2 N–H and O–H groups in total. The molecule has 0 spiro atoms. The summed E-state index contributed by atoms with van der Waals surface area (Å²) in [5.74, 6) is -0.278. The minimum absolute atomic E-state index is 0.121. The highest BCUT2D eigenvalue weighted by Gasteiger charge is 2.35. The van der Waals surface area contributed by atoms with Crippen LogP contribution in [0.2, 0.25) is 0 Å². The Morgan fingerprint density at radius 1 is 1.27 bits per heavy atom. The van der Waals surface area contributed by atoms with E-state index in [1.807, 2.05) is 13.1 Å². The van der Waals surface area contributed by atoms with Gasteiger partial charge in [-0.25, -0.2) is 4.52 Å². The summed E-state index contributed by atoms with van der Waals surface area (Å²) in [6.45, 7) is 9.80. The van der Waals surface area contributed by atoms with E-state index in [2.05, 4.69) is 58.6 Å². The van der Waals surface area contributed by atoms with Gasteiger partial charge in [0.15, 0.2) is 5.69 Å². The number of carbonyl (C=O) groups excluding carboxylic acids is 1. The second-order valence-corrected chi connectivity index (χ2v) is 9.33. The molecule has 4 rings (SSSR count). The Bertz CT molecular complexity index is 1070. The van der Waals surface area contributed by atoms with Crippen LogP contribution in [-0.2, 0) is 5.41 Å². The van der Waals surface area contributed by atoms with E-state index in [1.165, 1.54) is 5.56 Å². The van der Waals surface area contributed by atoms with Crippen LogP contribution in [-0.4, -0.2) is 45.9 Å². The zero-order chi connectivity index (χ0) is 21.5. The summed E-state index contributed by atoms with van der Waals surface area (Å²) < 4.78 is 1.79. The number of hydrogen-bond donors (Lipinski definition) is 2. The van der Waals surface area contributed by atoms with E-state index in [0.29, 0.717) is 5.69 Å². The van der Waals surface area contributed by atoms with Crippen molar-refractivity contribution in [3.05, 3.63) is 65.5 Å². The quantitative estimate of drug-likeness (QED) is 0.682. The molecule has 6 heteroatoms. The Balaban J connectivity index is 1.57. The van der Waals surface area contributed by atoms with Crippen molar-refractivity contribution in [1.82, 2.24) is 14.9 Å². The van der Waals surface area contributed by atoms with E-state index in [-0.39, 0.29) is 17.9 Å². The molecule has 158 valence electrons. The SMILES string of the molecule is Cc1cc(N2CC[C@](C)(c3ccccc3)C2)cn2nc(C(=O)NCC(C)(C)O)cc12. The van der Waals surface area contributed by atoms with Gasteiger partial charge in [0.25, 0.3) is 5.91 Å². The van der Waals surface area contributed by atoms with Gasteiger partial charge in [-0.3, -0.25) is 4.79 Å². The molecule has 0 saturated carbocycles. The summed E-state index contributed by atoms with van der Waals surface area (Å²) >= 11 is 0. The van der Waals surface area contributed by atoms with Crippen molar-refractivity contribution in [2.75, 3.05) is 24.5 Å². The Morgan fingerprint density at radius 3 is 2.70 bits per heavy atom. The number of amides is 1. The van der Waals surface area contributed by atoms with Gasteiger partial charge in [-0.05, 0) is 50.5 Å². The minimum atomic E-state index is -0.959. The number of fused-ring (bicyclic) bond motifs is 1. The highest BCUT2D eigenvalue weighted by molar-refractivity contribution is 5.93. The van der Waals surface area contributed by atoms with E-state index in [4.69, 9.17) is 0 Å². The monoisotopic (exact) mass is 406 g/mol. The number of nitrogens with zero attached hydrogens (tertiary/aromatic N) is 3. The molecule has 1 aliphatic rings. The smallest absolute Gasteiger partial charge is 0.271 e. The maximum atomic E-state index is 12.4. The van der Waals surface area contributed by atoms with Gasteiger partial charge in [-0.15, -0.1) is 0 Å². The molecular weight excluding hydrogens is 376 g/mol. The number of aromatic nitrogens is 2. The fourth-order valence-electron chi connectivity index (χ4n) is 4.17. The number of anilines is 1. The van der Waals surface area contributed by atoms with E-state index in [9.17, 15) is 9.90 Å². The summed E-state index contributed by atoms with van der Waals surface area (Å²) in [7, 11) is 0. The van der Waals surface area contributed by atoms with Crippen molar-refractivity contribution in [1.29, 1.82) is 0 Å². The van der Waals surface area contributed by atoms with Crippen molar-refractivity contribution in [2.24, 2.45) is 0 Å². The van der Waals surface area contributed by atoms with Gasteiger partial charge in [0.05, 0.1) is 23.0 Å². The van der Waals surface area contributed by atoms with Crippen LogP contribution in [0.4, 0.5) is 5.69 Å². The lowest BCUT2D eigenvalue weighted by atomic mass is 9.82. The van der Waals surface area contributed by atoms with Gasteiger partial charge in [0.1, 0.15) is 0 Å².